The predicted octanol–water partition coefficient (Wildman–Crippen LogP) is 3.11. The standard InChI is InChI=1S/C17H17N3O2S/c21-17(22)12-5-3-8-19(12)11-13-16(14-6-4-10-23-14)18-15-7-1-2-9-20(13)15/h1-2,4,6-7,9-10,12H,3,5,8,11H2,(H,21,22). The Morgan fingerprint density at radius 3 is 3.04 bits per heavy atom. The summed E-state index contributed by atoms with van der Waals surface area (Å²) in [4.78, 5) is 19.4. The molecule has 6 heteroatoms. The van der Waals surface area contributed by atoms with Crippen molar-refractivity contribution in [3.05, 3.63) is 47.6 Å². The van der Waals surface area contributed by atoms with Gasteiger partial charge in [-0.15, -0.1) is 11.3 Å². The quantitative estimate of drug-likeness (QED) is 0.800. The smallest absolute Gasteiger partial charge is 0.320 e. The van der Waals surface area contributed by atoms with E-state index < -0.39 is 5.97 Å². The maximum Gasteiger partial charge on any atom is 0.320 e. The first-order valence-electron chi connectivity index (χ1n) is 7.71. The summed E-state index contributed by atoms with van der Waals surface area (Å²) in [5.41, 5.74) is 2.93. The van der Waals surface area contributed by atoms with E-state index in [1.165, 1.54) is 0 Å². The number of hydrogen-bond donors (Lipinski definition) is 1. The Hall–Kier alpha value is -2.18. The van der Waals surface area contributed by atoms with Crippen LogP contribution in [-0.4, -0.2) is 37.9 Å². The van der Waals surface area contributed by atoms with Crippen LogP contribution in [0.25, 0.3) is 16.2 Å². The first kappa shape index (κ1) is 14.4. The van der Waals surface area contributed by atoms with E-state index in [1.807, 2.05) is 35.8 Å². The van der Waals surface area contributed by atoms with E-state index in [4.69, 9.17) is 4.98 Å². The number of carboxylic acids is 1. The van der Waals surface area contributed by atoms with Gasteiger partial charge in [-0.2, -0.15) is 0 Å². The average molecular weight is 327 g/mol. The SMILES string of the molecule is O=C(O)C1CCCN1Cc1c(-c2cccs2)nc2ccccn12. The van der Waals surface area contributed by atoms with E-state index in [9.17, 15) is 9.90 Å². The molecule has 5 nitrogen and oxygen atoms in total. The minimum atomic E-state index is -0.728. The molecule has 1 atom stereocenters. The fraction of sp³-hybridized carbons (Fsp3) is 0.294. The van der Waals surface area contributed by atoms with Crippen molar-refractivity contribution in [3.8, 4) is 10.6 Å². The van der Waals surface area contributed by atoms with Gasteiger partial charge in [0.05, 0.1) is 10.6 Å². The van der Waals surface area contributed by atoms with Crippen molar-refractivity contribution in [2.24, 2.45) is 0 Å². The van der Waals surface area contributed by atoms with Crippen LogP contribution in [0.3, 0.4) is 0 Å². The number of nitrogens with zero attached hydrogens (tertiary/aromatic N) is 3. The second-order valence-corrected chi connectivity index (χ2v) is 6.73. The fourth-order valence-electron chi connectivity index (χ4n) is 3.30. The van der Waals surface area contributed by atoms with E-state index in [0.717, 1.165) is 41.3 Å². The Kier molecular flexibility index (Phi) is 3.63. The Labute approximate surface area is 137 Å². The minimum absolute atomic E-state index is 0.388. The third-order valence-electron chi connectivity index (χ3n) is 4.39. The van der Waals surface area contributed by atoms with Gasteiger partial charge in [0.2, 0.25) is 0 Å². The number of carboxylic acid groups (broad SMARTS) is 1. The molecule has 1 aliphatic rings. The highest BCUT2D eigenvalue weighted by Gasteiger charge is 2.31. The highest BCUT2D eigenvalue weighted by Crippen LogP contribution is 2.31. The van der Waals surface area contributed by atoms with Crippen LogP contribution >= 0.6 is 11.3 Å². The van der Waals surface area contributed by atoms with Crippen LogP contribution in [0.1, 0.15) is 18.5 Å². The van der Waals surface area contributed by atoms with Crippen LogP contribution in [0.15, 0.2) is 41.9 Å². The van der Waals surface area contributed by atoms with Crippen LogP contribution in [0, 0.1) is 0 Å². The van der Waals surface area contributed by atoms with Gasteiger partial charge >= 0.3 is 5.97 Å². The molecule has 0 bridgehead atoms. The van der Waals surface area contributed by atoms with Crippen LogP contribution in [0.5, 0.6) is 0 Å². The number of hydrogen-bond acceptors (Lipinski definition) is 4. The molecule has 0 aromatic carbocycles. The molecule has 1 N–H and O–H groups in total. The molecule has 118 valence electrons. The largest absolute Gasteiger partial charge is 0.480 e. The molecule has 4 rings (SSSR count). The lowest BCUT2D eigenvalue weighted by Gasteiger charge is -2.21. The second-order valence-electron chi connectivity index (χ2n) is 5.78. The number of thiophene rings is 1. The predicted molar refractivity (Wildman–Crippen MR) is 89.6 cm³/mol. The molecule has 3 aromatic heterocycles. The third-order valence-corrected chi connectivity index (χ3v) is 5.26. The first-order valence-corrected chi connectivity index (χ1v) is 8.58. The van der Waals surface area contributed by atoms with Crippen molar-refractivity contribution in [2.75, 3.05) is 6.54 Å². The monoisotopic (exact) mass is 327 g/mol. The number of aliphatic carboxylic acids is 1. The molecular formula is C17H17N3O2S. The van der Waals surface area contributed by atoms with Gasteiger partial charge in [0.25, 0.3) is 0 Å². The van der Waals surface area contributed by atoms with Crippen molar-refractivity contribution in [1.82, 2.24) is 14.3 Å². The lowest BCUT2D eigenvalue weighted by molar-refractivity contribution is -0.142. The molecule has 23 heavy (non-hydrogen) atoms. The summed E-state index contributed by atoms with van der Waals surface area (Å²) in [5.74, 6) is -0.728. The highest BCUT2D eigenvalue weighted by atomic mass is 32.1. The zero-order valence-electron chi connectivity index (χ0n) is 12.6. The molecule has 1 fully saturated rings. The summed E-state index contributed by atoms with van der Waals surface area (Å²) < 4.78 is 2.08. The molecule has 1 aliphatic heterocycles. The number of likely N-dealkylation sites (tertiary alicyclic amines) is 1. The third kappa shape index (κ3) is 2.54. The number of fused-ring (bicyclic) bond motifs is 1. The van der Waals surface area contributed by atoms with Gasteiger partial charge in [-0.3, -0.25) is 9.69 Å². The Bertz CT molecular complexity index is 841. The molecule has 0 saturated carbocycles. The lowest BCUT2D eigenvalue weighted by Crippen LogP contribution is -2.35. The van der Waals surface area contributed by atoms with Gasteiger partial charge in [0.1, 0.15) is 17.4 Å². The van der Waals surface area contributed by atoms with E-state index in [-0.39, 0.29) is 6.04 Å². The highest BCUT2D eigenvalue weighted by molar-refractivity contribution is 7.13. The Morgan fingerprint density at radius 2 is 2.26 bits per heavy atom. The molecule has 0 spiro atoms. The lowest BCUT2D eigenvalue weighted by atomic mass is 10.2. The molecule has 3 aromatic rings. The van der Waals surface area contributed by atoms with Crippen molar-refractivity contribution in [1.29, 1.82) is 0 Å². The summed E-state index contributed by atoms with van der Waals surface area (Å²) in [7, 11) is 0. The summed E-state index contributed by atoms with van der Waals surface area (Å²) in [6.45, 7) is 1.43. The molecule has 0 radical (unpaired) electrons. The summed E-state index contributed by atoms with van der Waals surface area (Å²) >= 11 is 1.66. The fourth-order valence-corrected chi connectivity index (χ4v) is 4.03. The van der Waals surface area contributed by atoms with E-state index in [0.29, 0.717) is 6.54 Å². The van der Waals surface area contributed by atoms with Gasteiger partial charge in [-0.1, -0.05) is 12.1 Å². The van der Waals surface area contributed by atoms with Crippen LogP contribution < -0.4 is 0 Å². The number of pyridine rings is 1. The Morgan fingerprint density at radius 1 is 1.35 bits per heavy atom. The molecule has 0 aliphatic carbocycles. The van der Waals surface area contributed by atoms with Gasteiger partial charge in [-0.05, 0) is 43.0 Å². The van der Waals surface area contributed by atoms with Crippen molar-refractivity contribution < 1.29 is 9.90 Å². The van der Waals surface area contributed by atoms with Crippen molar-refractivity contribution >= 4 is 23.0 Å². The minimum Gasteiger partial charge on any atom is -0.480 e. The number of imidazole rings is 1. The maximum atomic E-state index is 11.5. The van der Waals surface area contributed by atoms with Crippen LogP contribution in [0.2, 0.25) is 0 Å². The summed E-state index contributed by atoms with van der Waals surface area (Å²) in [6.07, 6.45) is 3.66. The molecule has 4 heterocycles. The zero-order valence-corrected chi connectivity index (χ0v) is 13.4. The van der Waals surface area contributed by atoms with E-state index in [1.54, 1.807) is 11.3 Å². The van der Waals surface area contributed by atoms with Gasteiger partial charge < -0.3 is 9.51 Å². The van der Waals surface area contributed by atoms with E-state index in [2.05, 4.69) is 15.4 Å². The second kappa shape index (κ2) is 5.79. The topological polar surface area (TPSA) is 57.8 Å². The summed E-state index contributed by atoms with van der Waals surface area (Å²) in [6, 6.07) is 9.63. The van der Waals surface area contributed by atoms with Crippen molar-refractivity contribution in [2.45, 2.75) is 25.4 Å². The maximum absolute atomic E-state index is 11.5. The Balaban J connectivity index is 1.79. The van der Waals surface area contributed by atoms with Crippen molar-refractivity contribution in [3.63, 3.8) is 0 Å². The van der Waals surface area contributed by atoms with Crippen LogP contribution in [0.4, 0.5) is 0 Å². The first-order chi connectivity index (χ1) is 11.2. The van der Waals surface area contributed by atoms with Crippen LogP contribution in [-0.2, 0) is 11.3 Å². The zero-order chi connectivity index (χ0) is 15.8. The molecule has 0 amide bonds. The average Bonchev–Trinajstić information content (AvgIpc) is 3.27. The van der Waals surface area contributed by atoms with Gasteiger partial charge in [0, 0.05) is 12.7 Å². The number of carbonyl (C=O) groups is 1. The van der Waals surface area contributed by atoms with E-state index >= 15 is 0 Å². The van der Waals surface area contributed by atoms with Gasteiger partial charge in [0.15, 0.2) is 0 Å². The summed E-state index contributed by atoms with van der Waals surface area (Å²) in [5, 5.41) is 11.5. The molecule has 1 saturated heterocycles. The number of rotatable bonds is 4. The number of aromatic nitrogens is 2. The molecule has 1 unspecified atom stereocenters. The molecular weight excluding hydrogens is 310 g/mol. The van der Waals surface area contributed by atoms with Gasteiger partial charge in [-0.25, -0.2) is 4.98 Å². The normalized spacial score (nSPS) is 18.7.